The number of fused-ring (bicyclic) bond motifs is 1. The van der Waals surface area contributed by atoms with Gasteiger partial charge in [-0.25, -0.2) is 0 Å². The Bertz CT molecular complexity index is 1160. The number of nitrogens with one attached hydrogen (secondary N) is 1. The first-order chi connectivity index (χ1) is 14.0. The van der Waals surface area contributed by atoms with E-state index in [1.165, 1.54) is 0 Å². The second-order valence-corrected chi connectivity index (χ2v) is 7.22. The van der Waals surface area contributed by atoms with Gasteiger partial charge in [-0.15, -0.1) is 10.2 Å². The van der Waals surface area contributed by atoms with Crippen molar-refractivity contribution in [3.8, 4) is 11.5 Å². The van der Waals surface area contributed by atoms with Gasteiger partial charge in [-0.1, -0.05) is 43.3 Å². The van der Waals surface area contributed by atoms with E-state index in [1.807, 2.05) is 67.8 Å². The van der Waals surface area contributed by atoms with Crippen molar-refractivity contribution in [3.05, 3.63) is 65.4 Å². The van der Waals surface area contributed by atoms with Gasteiger partial charge in [0.15, 0.2) is 17.3 Å². The number of hydrogen-bond acceptors (Lipinski definition) is 6. The van der Waals surface area contributed by atoms with Crippen LogP contribution in [-0.4, -0.2) is 30.6 Å². The predicted octanol–water partition coefficient (Wildman–Crippen LogP) is 3.07. The summed E-state index contributed by atoms with van der Waals surface area (Å²) in [5.74, 6) is 1.78. The van der Waals surface area contributed by atoms with E-state index in [0.29, 0.717) is 35.2 Å². The van der Waals surface area contributed by atoms with Crippen molar-refractivity contribution in [3.63, 3.8) is 0 Å². The lowest BCUT2D eigenvalue weighted by molar-refractivity contribution is -0.120. The smallest absolute Gasteiger partial charge is 0.261 e. The van der Waals surface area contributed by atoms with E-state index in [1.54, 1.807) is 0 Å². The zero-order chi connectivity index (χ0) is 20.4. The summed E-state index contributed by atoms with van der Waals surface area (Å²) >= 11 is 0. The first-order valence-electron chi connectivity index (χ1n) is 9.50. The summed E-state index contributed by atoms with van der Waals surface area (Å²) in [6, 6.07) is 11.6. The van der Waals surface area contributed by atoms with E-state index < -0.39 is 0 Å². The minimum Gasteiger partial charge on any atom is -0.348 e. The summed E-state index contributed by atoms with van der Waals surface area (Å²) in [5.41, 5.74) is 3.42. The van der Waals surface area contributed by atoms with Crippen LogP contribution in [0.25, 0.3) is 17.1 Å². The molecular weight excluding hydrogens is 368 g/mol. The second-order valence-electron chi connectivity index (χ2n) is 7.22. The quantitative estimate of drug-likeness (QED) is 0.543. The molecule has 8 nitrogen and oxygen atoms in total. The van der Waals surface area contributed by atoms with Crippen molar-refractivity contribution < 1.29 is 9.32 Å². The van der Waals surface area contributed by atoms with Crippen molar-refractivity contribution in [2.75, 3.05) is 0 Å². The minimum absolute atomic E-state index is 0.0642. The normalized spacial score (nSPS) is 11.3. The average molecular weight is 390 g/mol. The van der Waals surface area contributed by atoms with Gasteiger partial charge in [0.05, 0.1) is 18.5 Å². The molecule has 148 valence electrons. The summed E-state index contributed by atoms with van der Waals surface area (Å²) < 4.78 is 7.22. The highest BCUT2D eigenvalue weighted by molar-refractivity contribution is 5.79. The number of rotatable bonds is 6. The van der Waals surface area contributed by atoms with Gasteiger partial charge in [-0.3, -0.25) is 9.20 Å². The Morgan fingerprint density at radius 3 is 2.76 bits per heavy atom. The largest absolute Gasteiger partial charge is 0.348 e. The number of carbonyl (C=O) groups is 1. The third kappa shape index (κ3) is 3.87. The van der Waals surface area contributed by atoms with Crippen LogP contribution in [0.1, 0.15) is 42.5 Å². The molecule has 0 aliphatic carbocycles. The van der Waals surface area contributed by atoms with E-state index >= 15 is 0 Å². The lowest BCUT2D eigenvalue weighted by Gasteiger charge is -2.07. The molecule has 0 radical (unpaired) electrons. The molecule has 0 aliphatic heterocycles. The van der Waals surface area contributed by atoms with Crippen molar-refractivity contribution in [2.45, 2.75) is 39.7 Å². The molecule has 8 heteroatoms. The highest BCUT2D eigenvalue weighted by atomic mass is 16.5. The predicted molar refractivity (Wildman–Crippen MR) is 107 cm³/mol. The topological polar surface area (TPSA) is 98.2 Å². The summed E-state index contributed by atoms with van der Waals surface area (Å²) in [5, 5.41) is 15.4. The van der Waals surface area contributed by atoms with Crippen LogP contribution in [0, 0.1) is 6.92 Å². The minimum atomic E-state index is -0.0642. The fraction of sp³-hybridized carbons (Fsp3) is 0.286. The molecule has 0 unspecified atom stereocenters. The Labute approximate surface area is 168 Å². The third-order valence-electron chi connectivity index (χ3n) is 4.75. The van der Waals surface area contributed by atoms with E-state index in [0.717, 1.165) is 11.1 Å². The van der Waals surface area contributed by atoms with Gasteiger partial charge in [0.1, 0.15) is 0 Å². The molecule has 0 fully saturated rings. The van der Waals surface area contributed by atoms with Crippen LogP contribution < -0.4 is 5.32 Å². The highest BCUT2D eigenvalue weighted by Gasteiger charge is 2.17. The molecule has 0 saturated carbocycles. The van der Waals surface area contributed by atoms with Crippen LogP contribution in [0.2, 0.25) is 0 Å². The van der Waals surface area contributed by atoms with Crippen molar-refractivity contribution in [2.24, 2.45) is 0 Å². The highest BCUT2D eigenvalue weighted by Crippen LogP contribution is 2.23. The molecule has 3 heterocycles. The van der Waals surface area contributed by atoms with Crippen molar-refractivity contribution in [1.82, 2.24) is 30.1 Å². The molecule has 1 aromatic carbocycles. The molecule has 4 aromatic rings. The van der Waals surface area contributed by atoms with Crippen LogP contribution in [0.4, 0.5) is 0 Å². The number of aryl methyl sites for hydroxylation is 1. The Morgan fingerprint density at radius 2 is 2.00 bits per heavy atom. The van der Waals surface area contributed by atoms with E-state index in [4.69, 9.17) is 4.52 Å². The van der Waals surface area contributed by atoms with Crippen LogP contribution in [-0.2, 0) is 17.8 Å². The molecular formula is C21H22N6O2. The Balaban J connectivity index is 1.52. The van der Waals surface area contributed by atoms with Crippen LogP contribution >= 0.6 is 0 Å². The molecule has 0 saturated heterocycles. The number of pyridine rings is 1. The number of hydrogen-bond donors (Lipinski definition) is 1. The fourth-order valence-electron chi connectivity index (χ4n) is 3.05. The monoisotopic (exact) mass is 390 g/mol. The Morgan fingerprint density at radius 1 is 1.17 bits per heavy atom. The van der Waals surface area contributed by atoms with Crippen LogP contribution in [0.3, 0.4) is 0 Å². The molecule has 0 aliphatic rings. The zero-order valence-electron chi connectivity index (χ0n) is 16.6. The maximum Gasteiger partial charge on any atom is 0.261 e. The number of amides is 1. The van der Waals surface area contributed by atoms with E-state index in [2.05, 4.69) is 25.7 Å². The SMILES string of the molecule is Cc1ccccc1CC(=O)NCc1nnc2c(-c3nc(C(C)C)no3)cccn12. The van der Waals surface area contributed by atoms with Gasteiger partial charge in [0.2, 0.25) is 5.91 Å². The maximum atomic E-state index is 12.3. The van der Waals surface area contributed by atoms with Gasteiger partial charge in [-0.2, -0.15) is 4.98 Å². The molecule has 29 heavy (non-hydrogen) atoms. The summed E-state index contributed by atoms with van der Waals surface area (Å²) in [6.07, 6.45) is 2.18. The van der Waals surface area contributed by atoms with Gasteiger partial charge in [0, 0.05) is 12.1 Å². The first kappa shape index (κ1) is 18.8. The number of nitrogens with zero attached hydrogens (tertiary/aromatic N) is 5. The molecule has 1 N–H and O–H groups in total. The summed E-state index contributed by atoms with van der Waals surface area (Å²) in [7, 11) is 0. The molecule has 0 spiro atoms. The molecule has 3 aromatic heterocycles. The standard InChI is InChI=1S/C21H22N6O2/c1-13(2)19-23-21(29-26-19)16-9-6-10-27-17(24-25-20(16)27)12-22-18(28)11-15-8-5-4-7-14(15)3/h4-10,13H,11-12H2,1-3H3,(H,22,28). The number of benzene rings is 1. The zero-order valence-corrected chi connectivity index (χ0v) is 16.6. The lowest BCUT2D eigenvalue weighted by atomic mass is 10.1. The van der Waals surface area contributed by atoms with Crippen molar-refractivity contribution in [1.29, 1.82) is 0 Å². The van der Waals surface area contributed by atoms with Crippen LogP contribution in [0.15, 0.2) is 47.1 Å². The Hall–Kier alpha value is -3.55. The van der Waals surface area contributed by atoms with Gasteiger partial charge >= 0.3 is 0 Å². The van der Waals surface area contributed by atoms with Gasteiger partial charge in [-0.05, 0) is 30.2 Å². The number of carbonyl (C=O) groups excluding carboxylic acids is 1. The fourth-order valence-corrected chi connectivity index (χ4v) is 3.05. The Kier molecular flexibility index (Phi) is 5.07. The van der Waals surface area contributed by atoms with Crippen molar-refractivity contribution >= 4 is 11.6 Å². The molecule has 4 rings (SSSR count). The van der Waals surface area contributed by atoms with E-state index in [-0.39, 0.29) is 18.4 Å². The second kappa shape index (κ2) is 7.83. The molecule has 0 atom stereocenters. The van der Waals surface area contributed by atoms with Crippen LogP contribution in [0.5, 0.6) is 0 Å². The summed E-state index contributed by atoms with van der Waals surface area (Å²) in [4.78, 5) is 16.8. The van der Waals surface area contributed by atoms with Gasteiger partial charge in [0.25, 0.3) is 5.89 Å². The summed E-state index contributed by atoms with van der Waals surface area (Å²) in [6.45, 7) is 6.28. The van der Waals surface area contributed by atoms with E-state index in [9.17, 15) is 4.79 Å². The number of aromatic nitrogens is 5. The average Bonchev–Trinajstić information content (AvgIpc) is 3.35. The van der Waals surface area contributed by atoms with Gasteiger partial charge < -0.3 is 9.84 Å². The first-order valence-corrected chi connectivity index (χ1v) is 9.50. The lowest BCUT2D eigenvalue weighted by Crippen LogP contribution is -2.25. The molecule has 1 amide bonds. The third-order valence-corrected chi connectivity index (χ3v) is 4.75. The molecule has 0 bridgehead atoms. The maximum absolute atomic E-state index is 12.3.